The fourth-order valence-corrected chi connectivity index (χ4v) is 2.17. The smallest absolute Gasteiger partial charge is 0.241 e. The molecule has 98 valence electrons. The van der Waals surface area contributed by atoms with Crippen molar-refractivity contribution in [3.8, 4) is 5.75 Å². The van der Waals surface area contributed by atoms with E-state index in [0.29, 0.717) is 18.7 Å². The number of H-pyrrole nitrogens is 1. The van der Waals surface area contributed by atoms with Crippen LogP contribution in [0.4, 0.5) is 5.69 Å². The molecule has 1 aliphatic rings. The number of hydrogen-bond acceptors (Lipinski definition) is 4. The number of aromatic amines is 1. The zero-order valence-electron chi connectivity index (χ0n) is 10.2. The predicted molar refractivity (Wildman–Crippen MR) is 69.7 cm³/mol. The number of phenolic OH excluding ortho intramolecular Hbond substituents is 1. The number of amides is 1. The van der Waals surface area contributed by atoms with Crippen molar-refractivity contribution in [2.45, 2.75) is 19.0 Å². The van der Waals surface area contributed by atoms with Crippen molar-refractivity contribution < 1.29 is 9.90 Å². The Morgan fingerprint density at radius 1 is 1.47 bits per heavy atom. The second-order valence-electron chi connectivity index (χ2n) is 4.50. The van der Waals surface area contributed by atoms with Gasteiger partial charge in [0.1, 0.15) is 5.75 Å². The van der Waals surface area contributed by atoms with Gasteiger partial charge in [-0.1, -0.05) is 6.07 Å². The van der Waals surface area contributed by atoms with Gasteiger partial charge in [0.25, 0.3) is 0 Å². The van der Waals surface area contributed by atoms with Crippen LogP contribution < -0.4 is 10.6 Å². The molecule has 1 aliphatic heterocycles. The van der Waals surface area contributed by atoms with E-state index >= 15 is 0 Å². The Morgan fingerprint density at radius 3 is 3.21 bits per heavy atom. The van der Waals surface area contributed by atoms with E-state index < -0.39 is 0 Å². The molecule has 3 rings (SSSR count). The Bertz CT molecular complexity index is 608. The summed E-state index contributed by atoms with van der Waals surface area (Å²) in [6.45, 7) is 0.605. The highest BCUT2D eigenvalue weighted by atomic mass is 16.3. The molecular formula is C13H14N4O2. The third-order valence-corrected chi connectivity index (χ3v) is 3.16. The third-order valence-electron chi connectivity index (χ3n) is 3.16. The number of carbonyl (C=O) groups is 1. The molecule has 0 saturated carbocycles. The maximum Gasteiger partial charge on any atom is 0.241 e. The lowest BCUT2D eigenvalue weighted by Crippen LogP contribution is -2.44. The van der Waals surface area contributed by atoms with Crippen LogP contribution in [0, 0.1) is 0 Å². The first kappa shape index (κ1) is 11.7. The highest BCUT2D eigenvalue weighted by molar-refractivity contribution is 5.95. The Hall–Kier alpha value is -2.34. The topological polar surface area (TPSA) is 90.0 Å². The summed E-state index contributed by atoms with van der Waals surface area (Å²) in [5.41, 5.74) is 2.54. The van der Waals surface area contributed by atoms with Gasteiger partial charge in [0.15, 0.2) is 0 Å². The monoisotopic (exact) mass is 258 g/mol. The number of anilines is 1. The maximum absolute atomic E-state index is 12.1. The summed E-state index contributed by atoms with van der Waals surface area (Å²) < 4.78 is 0. The molecule has 1 amide bonds. The fourth-order valence-electron chi connectivity index (χ4n) is 2.17. The first-order valence-corrected chi connectivity index (χ1v) is 6.07. The summed E-state index contributed by atoms with van der Waals surface area (Å²) in [6.07, 6.45) is 2.20. The summed E-state index contributed by atoms with van der Waals surface area (Å²) in [5, 5.41) is 15.3. The lowest BCUT2D eigenvalue weighted by atomic mass is 10.0. The Balaban J connectivity index is 1.69. The standard InChI is InChI=1S/C13H14N4O2/c18-9-3-1-2-8(4-9)17-13(19)11-5-10-12(6-14-11)16-7-15-10/h1-4,7,11,14,18H,5-6H2,(H,15,16)(H,17,19). The van der Waals surface area contributed by atoms with Gasteiger partial charge in [-0.2, -0.15) is 0 Å². The summed E-state index contributed by atoms with van der Waals surface area (Å²) in [4.78, 5) is 19.3. The number of aromatic hydroxyl groups is 1. The molecule has 0 radical (unpaired) electrons. The fraction of sp³-hybridized carbons (Fsp3) is 0.231. The third kappa shape index (κ3) is 2.43. The molecule has 0 spiro atoms. The molecule has 0 fully saturated rings. The minimum Gasteiger partial charge on any atom is -0.508 e. The number of benzene rings is 1. The summed E-state index contributed by atoms with van der Waals surface area (Å²) in [6, 6.07) is 6.19. The average Bonchev–Trinajstić information content (AvgIpc) is 2.85. The number of carbonyl (C=O) groups excluding carboxylic acids is 1. The van der Waals surface area contributed by atoms with Crippen molar-refractivity contribution in [2.24, 2.45) is 0 Å². The van der Waals surface area contributed by atoms with E-state index in [1.54, 1.807) is 24.5 Å². The van der Waals surface area contributed by atoms with E-state index in [1.165, 1.54) is 6.07 Å². The molecule has 19 heavy (non-hydrogen) atoms. The molecule has 6 nitrogen and oxygen atoms in total. The van der Waals surface area contributed by atoms with E-state index in [4.69, 9.17) is 0 Å². The van der Waals surface area contributed by atoms with Crippen molar-refractivity contribution in [1.82, 2.24) is 15.3 Å². The van der Waals surface area contributed by atoms with Crippen LogP contribution in [0.1, 0.15) is 11.4 Å². The number of fused-ring (bicyclic) bond motifs is 1. The van der Waals surface area contributed by atoms with Gasteiger partial charge in [-0.05, 0) is 12.1 Å². The van der Waals surface area contributed by atoms with Crippen molar-refractivity contribution in [3.63, 3.8) is 0 Å². The molecule has 0 bridgehead atoms. The van der Waals surface area contributed by atoms with Crippen LogP contribution in [0.5, 0.6) is 5.75 Å². The van der Waals surface area contributed by atoms with Gasteiger partial charge < -0.3 is 15.4 Å². The van der Waals surface area contributed by atoms with Crippen LogP contribution in [0.3, 0.4) is 0 Å². The summed E-state index contributed by atoms with van der Waals surface area (Å²) in [5.74, 6) is 0.00300. The van der Waals surface area contributed by atoms with Crippen LogP contribution >= 0.6 is 0 Å². The summed E-state index contributed by atoms with van der Waals surface area (Å²) >= 11 is 0. The Morgan fingerprint density at radius 2 is 2.37 bits per heavy atom. The molecule has 1 unspecified atom stereocenters. The molecule has 1 aromatic carbocycles. The van der Waals surface area contributed by atoms with Gasteiger partial charge in [-0.15, -0.1) is 0 Å². The van der Waals surface area contributed by atoms with Gasteiger partial charge in [-0.3, -0.25) is 10.1 Å². The second kappa shape index (κ2) is 4.74. The highest BCUT2D eigenvalue weighted by Crippen LogP contribution is 2.17. The van der Waals surface area contributed by atoms with Gasteiger partial charge in [0.2, 0.25) is 5.91 Å². The largest absolute Gasteiger partial charge is 0.508 e. The normalized spacial score (nSPS) is 17.8. The number of rotatable bonds is 2. The molecule has 1 aromatic heterocycles. The predicted octanol–water partition coefficient (Wildman–Crippen LogP) is 0.768. The van der Waals surface area contributed by atoms with Crippen molar-refractivity contribution >= 4 is 11.6 Å². The molecule has 2 heterocycles. The zero-order valence-corrected chi connectivity index (χ0v) is 10.2. The minimum absolute atomic E-state index is 0.126. The van der Waals surface area contributed by atoms with Crippen LogP contribution in [0.2, 0.25) is 0 Å². The van der Waals surface area contributed by atoms with Gasteiger partial charge in [-0.25, -0.2) is 4.98 Å². The van der Waals surface area contributed by atoms with Crippen molar-refractivity contribution in [2.75, 3.05) is 5.32 Å². The maximum atomic E-state index is 12.1. The van der Waals surface area contributed by atoms with Gasteiger partial charge in [0.05, 0.1) is 23.8 Å². The van der Waals surface area contributed by atoms with Crippen molar-refractivity contribution in [1.29, 1.82) is 0 Å². The zero-order chi connectivity index (χ0) is 13.2. The van der Waals surface area contributed by atoms with E-state index in [9.17, 15) is 9.90 Å². The highest BCUT2D eigenvalue weighted by Gasteiger charge is 2.25. The molecule has 0 aliphatic carbocycles. The Labute approximate surface area is 109 Å². The lowest BCUT2D eigenvalue weighted by Gasteiger charge is -2.22. The van der Waals surface area contributed by atoms with Crippen LogP contribution in [-0.4, -0.2) is 27.0 Å². The van der Waals surface area contributed by atoms with E-state index in [-0.39, 0.29) is 17.7 Å². The quantitative estimate of drug-likeness (QED) is 0.640. The minimum atomic E-state index is -0.307. The van der Waals surface area contributed by atoms with Crippen molar-refractivity contribution in [3.05, 3.63) is 42.0 Å². The van der Waals surface area contributed by atoms with Crippen LogP contribution in [0.15, 0.2) is 30.6 Å². The first-order chi connectivity index (χ1) is 9.22. The number of aromatic nitrogens is 2. The van der Waals surface area contributed by atoms with Gasteiger partial charge in [0, 0.05) is 24.7 Å². The van der Waals surface area contributed by atoms with Crippen LogP contribution in [-0.2, 0) is 17.8 Å². The molecule has 2 aromatic rings. The second-order valence-corrected chi connectivity index (χ2v) is 4.50. The number of imidazole rings is 1. The lowest BCUT2D eigenvalue weighted by molar-refractivity contribution is -0.118. The molecule has 1 atom stereocenters. The number of nitrogens with one attached hydrogen (secondary N) is 3. The van der Waals surface area contributed by atoms with E-state index in [2.05, 4.69) is 20.6 Å². The molecule has 6 heteroatoms. The number of phenols is 1. The van der Waals surface area contributed by atoms with Gasteiger partial charge >= 0.3 is 0 Å². The summed E-state index contributed by atoms with van der Waals surface area (Å²) in [7, 11) is 0. The number of nitrogens with zero attached hydrogens (tertiary/aromatic N) is 1. The van der Waals surface area contributed by atoms with E-state index in [1.807, 2.05) is 0 Å². The molecule has 0 saturated heterocycles. The van der Waals surface area contributed by atoms with E-state index in [0.717, 1.165) is 11.4 Å². The average molecular weight is 258 g/mol. The first-order valence-electron chi connectivity index (χ1n) is 6.07. The Kier molecular flexibility index (Phi) is 2.92. The van der Waals surface area contributed by atoms with Crippen LogP contribution in [0.25, 0.3) is 0 Å². The molecular weight excluding hydrogens is 244 g/mol. The number of hydrogen-bond donors (Lipinski definition) is 4. The molecule has 4 N–H and O–H groups in total. The SMILES string of the molecule is O=C(Nc1cccc(O)c1)C1Cc2nc[nH]c2CN1.